The minimum absolute atomic E-state index is 0.151. The summed E-state index contributed by atoms with van der Waals surface area (Å²) in [5.74, 6) is -6.24. The predicted molar refractivity (Wildman–Crippen MR) is 168 cm³/mol. The zero-order chi connectivity index (χ0) is 33.6. The molecular weight excluding hydrogens is 628 g/mol. The van der Waals surface area contributed by atoms with Crippen LogP contribution in [0.2, 0.25) is 0 Å². The highest BCUT2D eigenvalue weighted by molar-refractivity contribution is 8.00. The van der Waals surface area contributed by atoms with Crippen molar-refractivity contribution < 1.29 is 41.0 Å². The number of aryl methyl sites for hydroxylation is 1. The summed E-state index contributed by atoms with van der Waals surface area (Å²) < 4.78 is 85.5. The van der Waals surface area contributed by atoms with Crippen LogP contribution in [-0.4, -0.2) is 34.8 Å². The molecule has 0 spiro atoms. The zero-order valence-electron chi connectivity index (χ0n) is 25.2. The normalized spacial score (nSPS) is 16.3. The Morgan fingerprint density at radius 3 is 2.28 bits per heavy atom. The standard InChI is InChI=1S/C35H31F6NO3S/c1-20-14-28(12-13-32(20)45-19-33(43)44)46-29(15-21(2)42-22(3)24-8-10-27(11-9-24)35(39,40)41)16-23-4-6-25(7-5-23)26-17-30(36)34(38)31(37)18-26/h4-10,12-15,17-18,27,29H,11,16,19H2,1-3H3,(H,43,44)/b21-15+,42-22?. The maximum Gasteiger partial charge on any atom is 0.395 e. The number of rotatable bonds is 11. The van der Waals surface area contributed by atoms with Crippen LogP contribution in [0.3, 0.4) is 0 Å². The average molecular weight is 660 g/mol. The summed E-state index contributed by atoms with van der Waals surface area (Å²) in [4.78, 5) is 16.4. The molecule has 1 N–H and O–H groups in total. The number of carbonyl (C=O) groups is 1. The number of nitrogens with zero attached hydrogens (tertiary/aromatic N) is 1. The van der Waals surface area contributed by atoms with Gasteiger partial charge in [-0.2, -0.15) is 13.2 Å². The quantitative estimate of drug-likeness (QED) is 0.0964. The van der Waals surface area contributed by atoms with Gasteiger partial charge in [0.15, 0.2) is 24.1 Å². The summed E-state index contributed by atoms with van der Waals surface area (Å²) in [5, 5.41) is 8.74. The van der Waals surface area contributed by atoms with Crippen molar-refractivity contribution in [2.24, 2.45) is 10.9 Å². The third-order valence-corrected chi connectivity index (χ3v) is 8.33. The van der Waals surface area contributed by atoms with Crippen molar-refractivity contribution in [3.05, 3.63) is 119 Å². The SMILES string of the molecule is CC(=N/C(C)=C/C(Cc1ccc(-c2cc(F)c(F)c(F)c2)cc1)Sc1ccc(OCC(=O)O)c(C)c1)C1=CCC(C(F)(F)F)C=C1. The number of aliphatic imine (C=N–C) groups is 1. The molecule has 4 rings (SSSR count). The van der Waals surface area contributed by atoms with Crippen molar-refractivity contribution in [3.8, 4) is 16.9 Å². The lowest BCUT2D eigenvalue weighted by atomic mass is 9.94. The van der Waals surface area contributed by atoms with Crippen molar-refractivity contribution >= 4 is 23.4 Å². The molecule has 4 nitrogen and oxygen atoms in total. The van der Waals surface area contributed by atoms with E-state index in [-0.39, 0.29) is 17.2 Å². The van der Waals surface area contributed by atoms with Gasteiger partial charge in [-0.3, -0.25) is 4.99 Å². The molecule has 11 heteroatoms. The van der Waals surface area contributed by atoms with E-state index < -0.39 is 42.1 Å². The van der Waals surface area contributed by atoms with E-state index >= 15 is 0 Å². The predicted octanol–water partition coefficient (Wildman–Crippen LogP) is 9.68. The molecule has 2 unspecified atom stereocenters. The summed E-state index contributed by atoms with van der Waals surface area (Å²) in [6, 6.07) is 14.3. The van der Waals surface area contributed by atoms with Crippen molar-refractivity contribution in [1.29, 1.82) is 0 Å². The molecule has 0 heterocycles. The molecule has 3 aromatic rings. The number of thioether (sulfide) groups is 1. The van der Waals surface area contributed by atoms with Crippen LogP contribution < -0.4 is 4.74 Å². The Morgan fingerprint density at radius 2 is 1.72 bits per heavy atom. The lowest BCUT2D eigenvalue weighted by Crippen LogP contribution is -2.22. The fourth-order valence-corrected chi connectivity index (χ4v) is 6.14. The molecule has 1 aliphatic carbocycles. The summed E-state index contributed by atoms with van der Waals surface area (Å²) >= 11 is 1.52. The highest BCUT2D eigenvalue weighted by Gasteiger charge is 2.37. The van der Waals surface area contributed by atoms with Gasteiger partial charge in [-0.1, -0.05) is 42.5 Å². The van der Waals surface area contributed by atoms with E-state index in [2.05, 4.69) is 4.99 Å². The van der Waals surface area contributed by atoms with Crippen LogP contribution in [-0.2, 0) is 11.2 Å². The lowest BCUT2D eigenvalue weighted by Gasteiger charge is -2.19. The highest BCUT2D eigenvalue weighted by atomic mass is 32.2. The molecule has 0 fully saturated rings. The van der Waals surface area contributed by atoms with Crippen LogP contribution in [0.25, 0.3) is 11.1 Å². The second kappa shape index (κ2) is 14.9. The molecule has 46 heavy (non-hydrogen) atoms. The number of benzene rings is 3. The number of halogens is 6. The summed E-state index contributed by atoms with van der Waals surface area (Å²) in [6.07, 6.45) is 2.13. The maximum atomic E-state index is 13.8. The Labute approximate surface area is 267 Å². The molecular formula is C35H31F6NO3S. The van der Waals surface area contributed by atoms with Crippen molar-refractivity contribution in [1.82, 2.24) is 0 Å². The third kappa shape index (κ3) is 9.38. The molecule has 2 atom stereocenters. The van der Waals surface area contributed by atoms with Gasteiger partial charge in [0.2, 0.25) is 0 Å². The number of carboxylic acid groups (broad SMARTS) is 1. The molecule has 1 aliphatic rings. The highest BCUT2D eigenvalue weighted by Crippen LogP contribution is 2.34. The summed E-state index contributed by atoms with van der Waals surface area (Å²) in [6.45, 7) is 4.88. The lowest BCUT2D eigenvalue weighted by molar-refractivity contribution is -0.160. The van der Waals surface area contributed by atoms with Crippen LogP contribution >= 0.6 is 11.8 Å². The topological polar surface area (TPSA) is 58.9 Å². The van der Waals surface area contributed by atoms with Gasteiger partial charge in [0, 0.05) is 21.6 Å². The first kappa shape index (κ1) is 34.6. The van der Waals surface area contributed by atoms with E-state index in [1.165, 1.54) is 23.9 Å². The van der Waals surface area contributed by atoms with E-state index in [1.807, 2.05) is 30.3 Å². The summed E-state index contributed by atoms with van der Waals surface area (Å²) in [7, 11) is 0. The second-order valence-corrected chi connectivity index (χ2v) is 12.1. The van der Waals surface area contributed by atoms with E-state index in [9.17, 15) is 31.1 Å². The van der Waals surface area contributed by atoms with Crippen LogP contribution in [0.15, 0.2) is 100 Å². The molecule has 0 radical (unpaired) electrons. The number of allylic oxidation sites excluding steroid dienone is 5. The molecule has 0 aliphatic heterocycles. The third-order valence-electron chi connectivity index (χ3n) is 7.20. The Morgan fingerprint density at radius 1 is 1.04 bits per heavy atom. The van der Waals surface area contributed by atoms with Gasteiger partial charge in [-0.25, -0.2) is 18.0 Å². The number of carboxylic acids is 1. The minimum atomic E-state index is -4.30. The fraction of sp³-hybridized carbons (Fsp3) is 0.257. The number of alkyl halides is 3. The van der Waals surface area contributed by atoms with E-state index in [0.29, 0.717) is 34.7 Å². The Kier molecular flexibility index (Phi) is 11.2. The van der Waals surface area contributed by atoms with Crippen LogP contribution in [0.1, 0.15) is 31.4 Å². The number of aliphatic carboxylic acids is 1. The fourth-order valence-electron chi connectivity index (χ4n) is 4.86. The first-order valence-corrected chi connectivity index (χ1v) is 15.1. The van der Waals surface area contributed by atoms with Crippen LogP contribution in [0.5, 0.6) is 5.75 Å². The molecule has 242 valence electrons. The monoisotopic (exact) mass is 659 g/mol. The molecule has 3 aromatic carbocycles. The van der Waals surface area contributed by atoms with Gasteiger partial charge in [-0.15, -0.1) is 11.8 Å². The first-order chi connectivity index (χ1) is 21.7. The largest absolute Gasteiger partial charge is 0.482 e. The first-order valence-electron chi connectivity index (χ1n) is 14.2. The molecule has 0 saturated heterocycles. The molecule has 0 saturated carbocycles. The van der Waals surface area contributed by atoms with E-state index in [4.69, 9.17) is 9.84 Å². The van der Waals surface area contributed by atoms with Crippen molar-refractivity contribution in [2.75, 3.05) is 6.61 Å². The number of hydrogen-bond acceptors (Lipinski definition) is 4. The van der Waals surface area contributed by atoms with Crippen molar-refractivity contribution in [3.63, 3.8) is 0 Å². The molecule has 0 bridgehead atoms. The Bertz CT molecular complexity index is 1690. The number of ether oxygens (including phenoxy) is 1. The average Bonchev–Trinajstić information content (AvgIpc) is 2.99. The van der Waals surface area contributed by atoms with E-state index in [0.717, 1.165) is 34.2 Å². The van der Waals surface area contributed by atoms with Gasteiger partial charge in [-0.05, 0) is 97.8 Å². The molecule has 0 amide bonds. The van der Waals surface area contributed by atoms with Gasteiger partial charge in [0.1, 0.15) is 5.75 Å². The smallest absolute Gasteiger partial charge is 0.395 e. The summed E-state index contributed by atoms with van der Waals surface area (Å²) in [5.41, 5.74) is 4.19. The minimum Gasteiger partial charge on any atom is -0.482 e. The Hall–Kier alpha value is -4.25. The zero-order valence-corrected chi connectivity index (χ0v) is 26.0. The Balaban J connectivity index is 1.58. The van der Waals surface area contributed by atoms with Crippen molar-refractivity contribution in [2.45, 2.75) is 49.9 Å². The van der Waals surface area contributed by atoms with Gasteiger partial charge >= 0.3 is 12.1 Å². The van der Waals surface area contributed by atoms with Gasteiger partial charge in [0.25, 0.3) is 0 Å². The molecule has 0 aromatic heterocycles. The van der Waals surface area contributed by atoms with Crippen LogP contribution in [0.4, 0.5) is 26.3 Å². The number of hydrogen-bond donors (Lipinski definition) is 1. The van der Waals surface area contributed by atoms with E-state index in [1.54, 1.807) is 39.0 Å². The van der Waals surface area contributed by atoms with Gasteiger partial charge in [0.05, 0.1) is 5.92 Å². The second-order valence-electron chi connectivity index (χ2n) is 10.8. The maximum absolute atomic E-state index is 13.8. The van der Waals surface area contributed by atoms with Gasteiger partial charge < -0.3 is 9.84 Å². The van der Waals surface area contributed by atoms with Crippen LogP contribution in [0, 0.1) is 30.3 Å².